The molecule has 1 saturated heterocycles. The van der Waals surface area contributed by atoms with Crippen LogP contribution in [0.15, 0.2) is 17.3 Å². The van der Waals surface area contributed by atoms with E-state index in [0.717, 1.165) is 31.9 Å². The van der Waals surface area contributed by atoms with Crippen molar-refractivity contribution in [1.29, 1.82) is 0 Å². The van der Waals surface area contributed by atoms with Gasteiger partial charge in [0, 0.05) is 52.9 Å². The summed E-state index contributed by atoms with van der Waals surface area (Å²) in [5, 5.41) is 10.2. The third-order valence-electron chi connectivity index (χ3n) is 4.39. The number of pyridine rings is 1. The van der Waals surface area contributed by atoms with Crippen LogP contribution < -0.4 is 16.0 Å². The summed E-state index contributed by atoms with van der Waals surface area (Å²) < 4.78 is 0. The average Bonchev–Trinajstić information content (AvgIpc) is 2.64. The maximum atomic E-state index is 11.5. The predicted molar refractivity (Wildman–Crippen MR) is 123 cm³/mol. The van der Waals surface area contributed by atoms with Gasteiger partial charge in [-0.15, -0.1) is 24.0 Å². The molecule has 1 aromatic rings. The average molecular weight is 529 g/mol. The number of hydrogen-bond donors (Lipinski definition) is 3. The molecule has 0 spiro atoms. The van der Waals surface area contributed by atoms with Crippen molar-refractivity contribution in [3.63, 3.8) is 0 Å². The van der Waals surface area contributed by atoms with Crippen LogP contribution in [0.5, 0.6) is 0 Å². The van der Waals surface area contributed by atoms with Crippen LogP contribution >= 0.6 is 47.2 Å². The number of amides is 1. The lowest BCUT2D eigenvalue weighted by Gasteiger charge is -2.34. The van der Waals surface area contributed by atoms with Gasteiger partial charge in [-0.3, -0.25) is 9.79 Å². The van der Waals surface area contributed by atoms with Gasteiger partial charge in [-0.2, -0.15) is 0 Å². The lowest BCUT2D eigenvalue weighted by Crippen LogP contribution is -2.47. The first-order chi connectivity index (χ1) is 12.5. The zero-order valence-electron chi connectivity index (χ0n) is 15.6. The lowest BCUT2D eigenvalue weighted by molar-refractivity contribution is -0.121. The van der Waals surface area contributed by atoms with Crippen LogP contribution in [0, 0.1) is 5.92 Å². The monoisotopic (exact) mass is 528 g/mol. The molecule has 0 aliphatic carbocycles. The highest BCUT2D eigenvalue weighted by Crippen LogP contribution is 2.22. The largest absolute Gasteiger partial charge is 0.367 e. The zero-order chi connectivity index (χ0) is 18.9. The van der Waals surface area contributed by atoms with Crippen LogP contribution in [0.4, 0.5) is 5.82 Å². The molecule has 2 heterocycles. The standard InChI is InChI=1S/C17H26Cl2N6O.HI/c1-20-15(26)9-12-3-7-25(8-4-12)17(21-2)23-6-5-22-16-14(19)10-13(18)11-24-16;/h10-12H,3-9H2,1-2H3,(H,20,26)(H,21,23)(H,22,24);1H. The summed E-state index contributed by atoms with van der Waals surface area (Å²) in [7, 11) is 3.47. The highest BCUT2D eigenvalue weighted by Gasteiger charge is 2.22. The van der Waals surface area contributed by atoms with Crippen molar-refractivity contribution >= 4 is 64.9 Å². The molecule has 0 atom stereocenters. The molecule has 1 amide bonds. The third kappa shape index (κ3) is 7.87. The second-order valence-corrected chi connectivity index (χ2v) is 7.04. The number of aliphatic imine (C=N–C) groups is 1. The number of guanidine groups is 1. The van der Waals surface area contributed by atoms with Crippen molar-refractivity contribution < 1.29 is 4.79 Å². The van der Waals surface area contributed by atoms with Crippen LogP contribution in [-0.4, -0.2) is 62.0 Å². The molecule has 152 valence electrons. The lowest BCUT2D eigenvalue weighted by atomic mass is 9.93. The Balaban J connectivity index is 0.00000364. The Kier molecular flexibility index (Phi) is 11.1. The first kappa shape index (κ1) is 24.0. The van der Waals surface area contributed by atoms with E-state index in [4.69, 9.17) is 23.2 Å². The molecule has 10 heteroatoms. The maximum absolute atomic E-state index is 11.5. The number of piperidine rings is 1. The van der Waals surface area contributed by atoms with Gasteiger partial charge < -0.3 is 20.9 Å². The van der Waals surface area contributed by atoms with Crippen molar-refractivity contribution in [2.45, 2.75) is 19.3 Å². The fraction of sp³-hybridized carbons (Fsp3) is 0.588. The fourth-order valence-electron chi connectivity index (χ4n) is 2.95. The Morgan fingerprint density at radius 1 is 1.33 bits per heavy atom. The third-order valence-corrected chi connectivity index (χ3v) is 4.88. The first-order valence-electron chi connectivity index (χ1n) is 8.74. The van der Waals surface area contributed by atoms with Crippen LogP contribution in [-0.2, 0) is 4.79 Å². The smallest absolute Gasteiger partial charge is 0.220 e. The zero-order valence-corrected chi connectivity index (χ0v) is 19.4. The van der Waals surface area contributed by atoms with Crippen molar-refractivity contribution in [3.8, 4) is 0 Å². The maximum Gasteiger partial charge on any atom is 0.220 e. The van der Waals surface area contributed by atoms with Crippen LogP contribution in [0.3, 0.4) is 0 Å². The molecular formula is C17H27Cl2IN6O. The van der Waals surface area contributed by atoms with Gasteiger partial charge in [0.05, 0.1) is 10.0 Å². The molecule has 0 unspecified atom stereocenters. The summed E-state index contributed by atoms with van der Waals surface area (Å²) in [6, 6.07) is 1.66. The van der Waals surface area contributed by atoms with Gasteiger partial charge in [-0.25, -0.2) is 4.98 Å². The Bertz CT molecular complexity index is 638. The molecule has 1 fully saturated rings. The Hall–Kier alpha value is -1.000. The topological polar surface area (TPSA) is 81.7 Å². The predicted octanol–water partition coefficient (Wildman–Crippen LogP) is 2.84. The van der Waals surface area contributed by atoms with Crippen molar-refractivity contribution in [1.82, 2.24) is 20.5 Å². The number of rotatable bonds is 6. The van der Waals surface area contributed by atoms with Crippen molar-refractivity contribution in [3.05, 3.63) is 22.3 Å². The molecule has 1 aliphatic heterocycles. The molecule has 0 aromatic carbocycles. The van der Waals surface area contributed by atoms with Crippen LogP contribution in [0.2, 0.25) is 10.0 Å². The minimum atomic E-state index is 0. The minimum absolute atomic E-state index is 0. The van der Waals surface area contributed by atoms with Gasteiger partial charge in [0.1, 0.15) is 5.82 Å². The Morgan fingerprint density at radius 2 is 2.04 bits per heavy atom. The summed E-state index contributed by atoms with van der Waals surface area (Å²) in [6.07, 6.45) is 4.16. The molecule has 1 aliphatic rings. The summed E-state index contributed by atoms with van der Waals surface area (Å²) in [5.41, 5.74) is 0. The quantitative estimate of drug-likeness (QED) is 0.229. The van der Waals surface area contributed by atoms with Crippen molar-refractivity contribution in [2.75, 3.05) is 45.6 Å². The minimum Gasteiger partial charge on any atom is -0.367 e. The molecule has 27 heavy (non-hydrogen) atoms. The number of carbonyl (C=O) groups is 1. The van der Waals surface area contributed by atoms with E-state index in [-0.39, 0.29) is 29.9 Å². The van der Waals surface area contributed by atoms with E-state index in [1.54, 1.807) is 26.4 Å². The second-order valence-electron chi connectivity index (χ2n) is 6.19. The van der Waals surface area contributed by atoms with Gasteiger partial charge in [0.25, 0.3) is 0 Å². The first-order valence-corrected chi connectivity index (χ1v) is 9.50. The van der Waals surface area contributed by atoms with Crippen molar-refractivity contribution in [2.24, 2.45) is 10.9 Å². The fourth-order valence-corrected chi connectivity index (χ4v) is 3.39. The molecule has 1 aromatic heterocycles. The van der Waals surface area contributed by atoms with E-state index in [1.165, 1.54) is 0 Å². The summed E-state index contributed by atoms with van der Waals surface area (Å²) in [6.45, 7) is 3.14. The SMILES string of the molecule is CN=C(NCCNc1ncc(Cl)cc1Cl)N1CCC(CC(=O)NC)CC1.I. The normalized spacial score (nSPS) is 15.1. The van der Waals surface area contributed by atoms with Gasteiger partial charge in [0.15, 0.2) is 5.96 Å². The molecule has 7 nitrogen and oxygen atoms in total. The number of halogens is 3. The highest BCUT2D eigenvalue weighted by atomic mass is 127. The number of carbonyl (C=O) groups excluding carboxylic acids is 1. The second kappa shape index (κ2) is 12.5. The molecule has 2 rings (SSSR count). The summed E-state index contributed by atoms with van der Waals surface area (Å²) >= 11 is 11.9. The van der Waals surface area contributed by atoms with E-state index in [9.17, 15) is 4.79 Å². The number of hydrogen-bond acceptors (Lipinski definition) is 4. The van der Waals surface area contributed by atoms with E-state index in [1.807, 2.05) is 0 Å². The number of nitrogens with zero attached hydrogens (tertiary/aromatic N) is 3. The van der Waals surface area contributed by atoms with E-state index in [0.29, 0.717) is 41.3 Å². The van der Waals surface area contributed by atoms with Gasteiger partial charge in [-0.05, 0) is 24.8 Å². The molecule has 3 N–H and O–H groups in total. The number of likely N-dealkylation sites (tertiary alicyclic amines) is 1. The summed E-state index contributed by atoms with van der Waals surface area (Å²) in [5.74, 6) is 2.05. The number of nitrogens with one attached hydrogen (secondary N) is 3. The molecule has 0 saturated carbocycles. The highest BCUT2D eigenvalue weighted by molar-refractivity contribution is 14.0. The van der Waals surface area contributed by atoms with E-state index in [2.05, 4.69) is 30.8 Å². The van der Waals surface area contributed by atoms with Gasteiger partial charge in [-0.1, -0.05) is 23.2 Å². The molecule has 0 bridgehead atoms. The van der Waals surface area contributed by atoms with Gasteiger partial charge in [0.2, 0.25) is 5.91 Å². The molecular weight excluding hydrogens is 502 g/mol. The number of anilines is 1. The summed E-state index contributed by atoms with van der Waals surface area (Å²) in [4.78, 5) is 22.2. The van der Waals surface area contributed by atoms with Crippen LogP contribution in [0.1, 0.15) is 19.3 Å². The van der Waals surface area contributed by atoms with Crippen LogP contribution in [0.25, 0.3) is 0 Å². The van der Waals surface area contributed by atoms with E-state index < -0.39 is 0 Å². The number of aromatic nitrogens is 1. The Morgan fingerprint density at radius 3 is 2.63 bits per heavy atom. The molecule has 0 radical (unpaired) electrons. The van der Waals surface area contributed by atoms with E-state index >= 15 is 0 Å². The van der Waals surface area contributed by atoms with Gasteiger partial charge >= 0.3 is 0 Å². The Labute approximate surface area is 187 Å².